The minimum Gasteiger partial charge on any atom is -0.423 e. The van der Waals surface area contributed by atoms with Gasteiger partial charge in [0.2, 0.25) is 5.78 Å². The molecule has 0 spiro atoms. The second-order valence-electron chi connectivity index (χ2n) is 3.77. The molecule has 0 atom stereocenters. The van der Waals surface area contributed by atoms with Gasteiger partial charge in [0.05, 0.1) is 5.56 Å². The van der Waals surface area contributed by atoms with E-state index in [1.54, 1.807) is 42.5 Å². The highest BCUT2D eigenvalue weighted by molar-refractivity contribution is 6.33. The van der Waals surface area contributed by atoms with Gasteiger partial charge in [0, 0.05) is 5.56 Å². The Morgan fingerprint density at radius 1 is 0.895 bits per heavy atom. The molecule has 0 fully saturated rings. The molecule has 0 aromatic heterocycles. The minimum atomic E-state index is -0.655. The van der Waals surface area contributed by atoms with Crippen LogP contribution in [0.2, 0.25) is 0 Å². The Balaban J connectivity index is 2.18. The van der Waals surface area contributed by atoms with Crippen LogP contribution in [0, 0.1) is 0 Å². The molecule has 0 saturated heterocycles. The molecule has 19 heavy (non-hydrogen) atoms. The SMILES string of the molecule is O=CC(=O)c1cccc(OC(=O)c2ccccc2)c1. The van der Waals surface area contributed by atoms with Gasteiger partial charge < -0.3 is 4.74 Å². The third kappa shape index (κ3) is 3.13. The van der Waals surface area contributed by atoms with Crippen LogP contribution in [-0.2, 0) is 4.79 Å². The summed E-state index contributed by atoms with van der Waals surface area (Å²) in [7, 11) is 0. The molecule has 0 saturated carbocycles. The van der Waals surface area contributed by atoms with E-state index in [9.17, 15) is 14.4 Å². The van der Waals surface area contributed by atoms with Gasteiger partial charge in [-0.1, -0.05) is 30.3 Å². The van der Waals surface area contributed by atoms with Gasteiger partial charge in [0.15, 0.2) is 6.29 Å². The number of carbonyl (C=O) groups is 3. The predicted octanol–water partition coefficient (Wildman–Crippen LogP) is 2.29. The normalized spacial score (nSPS) is 9.68. The molecule has 0 radical (unpaired) electrons. The summed E-state index contributed by atoms with van der Waals surface area (Å²) in [6, 6.07) is 14.4. The molecule has 94 valence electrons. The van der Waals surface area contributed by atoms with E-state index in [0.717, 1.165) is 0 Å². The molecule has 4 heteroatoms. The maximum Gasteiger partial charge on any atom is 0.343 e. The van der Waals surface area contributed by atoms with Crippen LogP contribution in [0.25, 0.3) is 0 Å². The van der Waals surface area contributed by atoms with Crippen molar-refractivity contribution in [3.05, 3.63) is 65.7 Å². The summed E-state index contributed by atoms with van der Waals surface area (Å²) >= 11 is 0. The highest BCUT2D eigenvalue weighted by Crippen LogP contribution is 2.15. The largest absolute Gasteiger partial charge is 0.423 e. The van der Waals surface area contributed by atoms with E-state index in [4.69, 9.17) is 4.74 Å². The smallest absolute Gasteiger partial charge is 0.343 e. The van der Waals surface area contributed by atoms with Crippen LogP contribution in [0.3, 0.4) is 0 Å². The standard InChI is InChI=1S/C15H10O4/c16-10-14(17)12-7-4-8-13(9-12)19-15(18)11-5-2-1-3-6-11/h1-10H. The van der Waals surface area contributed by atoms with Crippen molar-refractivity contribution in [2.24, 2.45) is 0 Å². The molecule has 0 amide bonds. The highest BCUT2D eigenvalue weighted by atomic mass is 16.5. The van der Waals surface area contributed by atoms with Crippen LogP contribution in [-0.4, -0.2) is 18.0 Å². The van der Waals surface area contributed by atoms with Gasteiger partial charge in [-0.3, -0.25) is 9.59 Å². The van der Waals surface area contributed by atoms with Crippen molar-refractivity contribution in [2.45, 2.75) is 0 Å². The van der Waals surface area contributed by atoms with Gasteiger partial charge in [-0.15, -0.1) is 0 Å². The van der Waals surface area contributed by atoms with Crippen molar-refractivity contribution < 1.29 is 19.1 Å². The van der Waals surface area contributed by atoms with Crippen LogP contribution >= 0.6 is 0 Å². The summed E-state index contributed by atoms with van der Waals surface area (Å²) in [6.07, 6.45) is 0.220. The number of hydrogen-bond acceptors (Lipinski definition) is 4. The molecule has 2 rings (SSSR count). The lowest BCUT2D eigenvalue weighted by Crippen LogP contribution is -2.09. The first-order chi connectivity index (χ1) is 9.20. The quantitative estimate of drug-likeness (QED) is 0.276. The first kappa shape index (κ1) is 12.7. The van der Waals surface area contributed by atoms with E-state index in [1.165, 1.54) is 12.1 Å². The van der Waals surface area contributed by atoms with Crippen molar-refractivity contribution in [3.8, 4) is 5.75 Å². The molecule has 4 nitrogen and oxygen atoms in total. The summed E-state index contributed by atoms with van der Waals surface area (Å²) in [6.45, 7) is 0. The number of rotatable bonds is 4. The molecule has 0 N–H and O–H groups in total. The molecular formula is C15H10O4. The lowest BCUT2D eigenvalue weighted by atomic mass is 10.1. The number of ether oxygens (including phenoxy) is 1. The van der Waals surface area contributed by atoms with Gasteiger partial charge in [-0.05, 0) is 24.3 Å². The number of aldehydes is 1. The fourth-order valence-corrected chi connectivity index (χ4v) is 1.52. The number of carbonyl (C=O) groups excluding carboxylic acids is 3. The second-order valence-corrected chi connectivity index (χ2v) is 3.77. The van der Waals surface area contributed by atoms with Gasteiger partial charge in [-0.25, -0.2) is 4.79 Å². The number of esters is 1. The van der Waals surface area contributed by atoms with E-state index >= 15 is 0 Å². The summed E-state index contributed by atoms with van der Waals surface area (Å²) in [5.41, 5.74) is 0.600. The summed E-state index contributed by atoms with van der Waals surface area (Å²) in [5.74, 6) is -0.949. The predicted molar refractivity (Wildman–Crippen MR) is 68.2 cm³/mol. The summed E-state index contributed by atoms with van der Waals surface area (Å²) < 4.78 is 5.13. The fraction of sp³-hybridized carbons (Fsp3) is 0. The van der Waals surface area contributed by atoms with E-state index in [-0.39, 0.29) is 17.6 Å². The van der Waals surface area contributed by atoms with E-state index < -0.39 is 11.8 Å². The lowest BCUT2D eigenvalue weighted by molar-refractivity contribution is -0.104. The molecule has 0 aliphatic heterocycles. The molecular weight excluding hydrogens is 244 g/mol. The minimum absolute atomic E-state index is 0.188. The van der Waals surface area contributed by atoms with Gasteiger partial charge in [0.1, 0.15) is 5.75 Å². The maximum absolute atomic E-state index is 11.8. The van der Waals surface area contributed by atoms with E-state index in [1.807, 2.05) is 0 Å². The lowest BCUT2D eigenvalue weighted by Gasteiger charge is -2.04. The molecule has 0 aliphatic carbocycles. The Labute approximate surface area is 109 Å². The van der Waals surface area contributed by atoms with Crippen LogP contribution in [0.15, 0.2) is 54.6 Å². The van der Waals surface area contributed by atoms with E-state index in [0.29, 0.717) is 5.56 Å². The average Bonchev–Trinajstić information content (AvgIpc) is 2.47. The van der Waals surface area contributed by atoms with Crippen molar-refractivity contribution in [1.29, 1.82) is 0 Å². The van der Waals surface area contributed by atoms with Crippen LogP contribution < -0.4 is 4.74 Å². The van der Waals surface area contributed by atoms with Crippen LogP contribution in [0.4, 0.5) is 0 Å². The molecule has 0 unspecified atom stereocenters. The van der Waals surface area contributed by atoms with Crippen LogP contribution in [0.1, 0.15) is 20.7 Å². The molecule has 2 aromatic carbocycles. The van der Waals surface area contributed by atoms with Crippen molar-refractivity contribution in [3.63, 3.8) is 0 Å². The molecule has 0 aliphatic rings. The first-order valence-corrected chi connectivity index (χ1v) is 5.57. The molecule has 0 heterocycles. The monoisotopic (exact) mass is 254 g/mol. The van der Waals surface area contributed by atoms with Gasteiger partial charge >= 0.3 is 5.97 Å². The number of benzene rings is 2. The maximum atomic E-state index is 11.8. The second kappa shape index (κ2) is 5.73. The number of hydrogen-bond donors (Lipinski definition) is 0. The zero-order chi connectivity index (χ0) is 13.7. The van der Waals surface area contributed by atoms with Crippen molar-refractivity contribution in [1.82, 2.24) is 0 Å². The Hall–Kier alpha value is -2.75. The van der Waals surface area contributed by atoms with Gasteiger partial charge in [-0.2, -0.15) is 0 Å². The van der Waals surface area contributed by atoms with Gasteiger partial charge in [0.25, 0.3) is 0 Å². The van der Waals surface area contributed by atoms with Crippen molar-refractivity contribution in [2.75, 3.05) is 0 Å². The Morgan fingerprint density at radius 2 is 1.58 bits per heavy atom. The Kier molecular flexibility index (Phi) is 3.83. The highest BCUT2D eigenvalue weighted by Gasteiger charge is 2.10. The number of Topliss-reactive ketones (excluding diaryl/α,β-unsaturated/α-hetero) is 1. The number of ketones is 1. The summed E-state index contributed by atoms with van der Waals surface area (Å²) in [4.78, 5) is 33.4. The zero-order valence-electron chi connectivity index (χ0n) is 9.91. The summed E-state index contributed by atoms with van der Waals surface area (Å²) in [5, 5.41) is 0. The first-order valence-electron chi connectivity index (χ1n) is 5.57. The third-order valence-corrected chi connectivity index (χ3v) is 2.45. The Bertz CT molecular complexity index is 617. The zero-order valence-corrected chi connectivity index (χ0v) is 9.91. The fourth-order valence-electron chi connectivity index (χ4n) is 1.52. The van der Waals surface area contributed by atoms with Crippen LogP contribution in [0.5, 0.6) is 5.75 Å². The topological polar surface area (TPSA) is 60.4 Å². The van der Waals surface area contributed by atoms with E-state index in [2.05, 4.69) is 0 Å². The Morgan fingerprint density at radius 3 is 2.26 bits per heavy atom. The third-order valence-electron chi connectivity index (χ3n) is 2.45. The molecule has 0 bridgehead atoms. The molecule has 2 aromatic rings. The van der Waals surface area contributed by atoms with Crippen molar-refractivity contribution >= 4 is 18.0 Å². The average molecular weight is 254 g/mol.